The molecule has 7 nitrogen and oxygen atoms in total. The molecule has 1 heterocycles. The fraction of sp³-hybridized carbons (Fsp3) is 0.273. The first-order valence-electron chi connectivity index (χ1n) is 5.34. The molecule has 0 spiro atoms. The third-order valence-electron chi connectivity index (χ3n) is 2.45. The lowest BCUT2D eigenvalue weighted by Crippen LogP contribution is -2.04. The maximum absolute atomic E-state index is 10.8. The number of nitrogens with one attached hydrogen (secondary N) is 1. The van der Waals surface area contributed by atoms with Crippen LogP contribution in [0.3, 0.4) is 0 Å². The van der Waals surface area contributed by atoms with Crippen LogP contribution in [-0.4, -0.2) is 22.2 Å². The van der Waals surface area contributed by atoms with Crippen LogP contribution in [0.15, 0.2) is 22.6 Å². The van der Waals surface area contributed by atoms with Crippen molar-refractivity contribution in [3.05, 3.63) is 39.8 Å². The molecule has 2 aromatic rings. The Morgan fingerprint density at radius 1 is 1.44 bits per heavy atom. The van der Waals surface area contributed by atoms with Gasteiger partial charge in [0.2, 0.25) is 11.8 Å². The molecule has 18 heavy (non-hydrogen) atoms. The van der Waals surface area contributed by atoms with Crippen LogP contribution < -0.4 is 5.32 Å². The number of nitro groups is 1. The second kappa shape index (κ2) is 4.92. The van der Waals surface area contributed by atoms with E-state index in [1.165, 1.54) is 6.07 Å². The predicted octanol–water partition coefficient (Wildman–Crippen LogP) is 1.67. The summed E-state index contributed by atoms with van der Waals surface area (Å²) in [6.45, 7) is 2.14. The highest BCUT2D eigenvalue weighted by Crippen LogP contribution is 2.25. The highest BCUT2D eigenvalue weighted by Gasteiger charge is 2.15. The highest BCUT2D eigenvalue weighted by molar-refractivity contribution is 5.59. The molecule has 1 aromatic carbocycles. The van der Waals surface area contributed by atoms with Gasteiger partial charge in [-0.1, -0.05) is 6.07 Å². The maximum atomic E-state index is 10.8. The Bertz CT molecular complexity index is 579. The van der Waals surface area contributed by atoms with Gasteiger partial charge >= 0.3 is 0 Å². The SMILES string of the molecule is CNCc1nnc(-c2ccc(C)c([N+](=O)[O-])c2)o1. The number of nitro benzene ring substituents is 1. The van der Waals surface area contributed by atoms with Crippen LogP contribution in [-0.2, 0) is 6.54 Å². The average molecular weight is 248 g/mol. The van der Waals surface area contributed by atoms with Crippen LogP contribution in [0.2, 0.25) is 0 Å². The minimum Gasteiger partial charge on any atom is -0.419 e. The number of nitrogens with zero attached hydrogens (tertiary/aromatic N) is 3. The summed E-state index contributed by atoms with van der Waals surface area (Å²) in [6.07, 6.45) is 0. The van der Waals surface area contributed by atoms with E-state index in [0.717, 1.165) is 0 Å². The van der Waals surface area contributed by atoms with Gasteiger partial charge in [-0.2, -0.15) is 0 Å². The first kappa shape index (κ1) is 12.2. The van der Waals surface area contributed by atoms with Gasteiger partial charge in [0, 0.05) is 17.2 Å². The van der Waals surface area contributed by atoms with Gasteiger partial charge in [-0.05, 0) is 20.0 Å². The number of rotatable bonds is 4. The third kappa shape index (κ3) is 2.35. The molecule has 1 aromatic heterocycles. The van der Waals surface area contributed by atoms with Crippen LogP contribution in [0.4, 0.5) is 5.69 Å². The predicted molar refractivity (Wildman–Crippen MR) is 63.9 cm³/mol. The molecule has 0 atom stereocenters. The van der Waals surface area contributed by atoms with E-state index < -0.39 is 4.92 Å². The van der Waals surface area contributed by atoms with Crippen molar-refractivity contribution in [1.29, 1.82) is 0 Å². The monoisotopic (exact) mass is 248 g/mol. The summed E-state index contributed by atoms with van der Waals surface area (Å²) in [6, 6.07) is 4.82. The second-order valence-electron chi connectivity index (χ2n) is 3.79. The third-order valence-corrected chi connectivity index (χ3v) is 2.45. The van der Waals surface area contributed by atoms with Crippen molar-refractivity contribution in [2.75, 3.05) is 7.05 Å². The van der Waals surface area contributed by atoms with E-state index >= 15 is 0 Å². The number of benzene rings is 1. The summed E-state index contributed by atoms with van der Waals surface area (Å²) in [5.41, 5.74) is 1.18. The van der Waals surface area contributed by atoms with E-state index in [-0.39, 0.29) is 11.6 Å². The number of hydrogen-bond donors (Lipinski definition) is 1. The number of aryl methyl sites for hydroxylation is 1. The fourth-order valence-corrected chi connectivity index (χ4v) is 1.53. The number of aromatic nitrogens is 2. The quantitative estimate of drug-likeness (QED) is 0.653. The summed E-state index contributed by atoms with van der Waals surface area (Å²) in [4.78, 5) is 10.4. The van der Waals surface area contributed by atoms with Crippen molar-refractivity contribution in [1.82, 2.24) is 15.5 Å². The molecule has 0 fully saturated rings. The van der Waals surface area contributed by atoms with Gasteiger partial charge in [0.15, 0.2) is 0 Å². The van der Waals surface area contributed by atoms with Crippen molar-refractivity contribution < 1.29 is 9.34 Å². The summed E-state index contributed by atoms with van der Waals surface area (Å²) in [7, 11) is 1.76. The van der Waals surface area contributed by atoms with Crippen molar-refractivity contribution in [2.24, 2.45) is 0 Å². The lowest BCUT2D eigenvalue weighted by Gasteiger charge is -1.98. The first-order chi connectivity index (χ1) is 8.61. The number of hydrogen-bond acceptors (Lipinski definition) is 6. The van der Waals surface area contributed by atoms with Gasteiger partial charge in [-0.3, -0.25) is 10.1 Å². The van der Waals surface area contributed by atoms with E-state index in [0.29, 0.717) is 23.6 Å². The topological polar surface area (TPSA) is 94.1 Å². The zero-order chi connectivity index (χ0) is 13.1. The van der Waals surface area contributed by atoms with Gasteiger partial charge in [-0.25, -0.2) is 0 Å². The fourth-order valence-electron chi connectivity index (χ4n) is 1.53. The van der Waals surface area contributed by atoms with Crippen molar-refractivity contribution in [2.45, 2.75) is 13.5 Å². The molecule has 94 valence electrons. The van der Waals surface area contributed by atoms with E-state index in [1.54, 1.807) is 26.1 Å². The van der Waals surface area contributed by atoms with Crippen molar-refractivity contribution in [3.63, 3.8) is 0 Å². The Morgan fingerprint density at radius 3 is 2.89 bits per heavy atom. The van der Waals surface area contributed by atoms with E-state index in [9.17, 15) is 10.1 Å². The van der Waals surface area contributed by atoms with Gasteiger partial charge in [0.25, 0.3) is 5.69 Å². The second-order valence-corrected chi connectivity index (χ2v) is 3.79. The van der Waals surface area contributed by atoms with Crippen LogP contribution >= 0.6 is 0 Å². The van der Waals surface area contributed by atoms with Crippen LogP contribution in [0.1, 0.15) is 11.5 Å². The highest BCUT2D eigenvalue weighted by atomic mass is 16.6. The first-order valence-corrected chi connectivity index (χ1v) is 5.34. The summed E-state index contributed by atoms with van der Waals surface area (Å²) in [5.74, 6) is 0.721. The van der Waals surface area contributed by atoms with Gasteiger partial charge in [0.05, 0.1) is 11.5 Å². The molecule has 0 aliphatic carbocycles. The summed E-state index contributed by atoms with van der Waals surface area (Å²) in [5, 5.41) is 21.4. The normalized spacial score (nSPS) is 10.6. The molecule has 0 aliphatic heterocycles. The average Bonchev–Trinajstić information content (AvgIpc) is 2.78. The molecule has 0 radical (unpaired) electrons. The molecule has 0 aliphatic rings. The van der Waals surface area contributed by atoms with E-state index in [4.69, 9.17) is 4.42 Å². The van der Waals surface area contributed by atoms with Crippen molar-refractivity contribution in [3.8, 4) is 11.5 Å². The Labute approximate surface area is 103 Å². The van der Waals surface area contributed by atoms with E-state index in [1.807, 2.05) is 0 Å². The molecule has 0 amide bonds. The van der Waals surface area contributed by atoms with Crippen LogP contribution in [0.25, 0.3) is 11.5 Å². The lowest BCUT2D eigenvalue weighted by molar-refractivity contribution is -0.385. The molecule has 2 rings (SSSR count). The standard InChI is InChI=1S/C11H12N4O3/c1-7-3-4-8(5-9(7)15(16)17)11-14-13-10(18-11)6-12-2/h3-5,12H,6H2,1-2H3. The summed E-state index contributed by atoms with van der Waals surface area (Å²) >= 11 is 0. The Hall–Kier alpha value is -2.28. The molecule has 0 saturated heterocycles. The minimum absolute atomic E-state index is 0.0425. The Kier molecular flexibility index (Phi) is 3.33. The van der Waals surface area contributed by atoms with Gasteiger partial charge in [-0.15, -0.1) is 10.2 Å². The lowest BCUT2D eigenvalue weighted by atomic mass is 10.1. The smallest absolute Gasteiger partial charge is 0.273 e. The molecule has 7 heteroatoms. The van der Waals surface area contributed by atoms with E-state index in [2.05, 4.69) is 15.5 Å². The minimum atomic E-state index is -0.427. The molecular weight excluding hydrogens is 236 g/mol. The van der Waals surface area contributed by atoms with Crippen molar-refractivity contribution >= 4 is 5.69 Å². The van der Waals surface area contributed by atoms with Gasteiger partial charge in [0.1, 0.15) is 0 Å². The summed E-state index contributed by atoms with van der Waals surface area (Å²) < 4.78 is 5.38. The Morgan fingerprint density at radius 2 is 2.22 bits per heavy atom. The molecule has 0 bridgehead atoms. The molecular formula is C11H12N4O3. The zero-order valence-electron chi connectivity index (χ0n) is 10.0. The molecule has 0 saturated carbocycles. The van der Waals surface area contributed by atoms with Crippen LogP contribution in [0, 0.1) is 17.0 Å². The Balaban J connectivity index is 2.38. The zero-order valence-corrected chi connectivity index (χ0v) is 10.0. The largest absolute Gasteiger partial charge is 0.419 e. The van der Waals surface area contributed by atoms with Crippen LogP contribution in [0.5, 0.6) is 0 Å². The van der Waals surface area contributed by atoms with Gasteiger partial charge < -0.3 is 9.73 Å². The molecule has 1 N–H and O–H groups in total. The molecule has 0 unspecified atom stereocenters. The maximum Gasteiger partial charge on any atom is 0.273 e.